The molecule has 0 aliphatic carbocycles. The quantitative estimate of drug-likeness (QED) is 0.765. The van der Waals surface area contributed by atoms with Crippen LogP contribution in [0.15, 0.2) is 41.6 Å². The third-order valence-corrected chi connectivity index (χ3v) is 4.38. The van der Waals surface area contributed by atoms with Crippen molar-refractivity contribution in [3.63, 3.8) is 0 Å². The molecule has 0 radical (unpaired) electrons. The maximum absolute atomic E-state index is 12.1. The second-order valence-electron chi connectivity index (χ2n) is 4.19. The van der Waals surface area contributed by atoms with Crippen molar-refractivity contribution in [2.24, 2.45) is 0 Å². The third-order valence-electron chi connectivity index (χ3n) is 2.56. The Morgan fingerprint density at radius 3 is 2.52 bits per heavy atom. The van der Waals surface area contributed by atoms with Gasteiger partial charge in [0.1, 0.15) is 0 Å². The van der Waals surface area contributed by atoms with Crippen LogP contribution in [0.4, 0.5) is 5.69 Å². The van der Waals surface area contributed by atoms with Crippen LogP contribution >= 0.6 is 46.6 Å². The van der Waals surface area contributed by atoms with Crippen molar-refractivity contribution in [3.05, 3.63) is 51.6 Å². The minimum Gasteiger partial charge on any atom is -0.324 e. The largest absolute Gasteiger partial charge is 0.324 e. The molecular weight excluding hydrogens is 351 g/mol. The van der Waals surface area contributed by atoms with E-state index in [1.807, 2.05) is 0 Å². The number of carbonyl (C=O) groups excluding carboxylic acids is 1. The Hall–Kier alpha value is -0.940. The standard InChI is InChI=1S/C14H11Cl3N2OS/c1-8(21-13-5-3-10(16)7-18-13)14(20)19-12-4-2-9(15)6-11(12)17/h2-8H,1H3,(H,19,20). The van der Waals surface area contributed by atoms with Crippen LogP contribution in [0.1, 0.15) is 6.92 Å². The van der Waals surface area contributed by atoms with Crippen molar-refractivity contribution in [3.8, 4) is 0 Å². The zero-order chi connectivity index (χ0) is 15.4. The number of hydrogen-bond donors (Lipinski definition) is 1. The Morgan fingerprint density at radius 2 is 1.90 bits per heavy atom. The molecule has 0 fully saturated rings. The number of aromatic nitrogens is 1. The van der Waals surface area contributed by atoms with E-state index in [9.17, 15) is 4.79 Å². The van der Waals surface area contributed by atoms with E-state index in [1.54, 1.807) is 43.5 Å². The number of anilines is 1. The van der Waals surface area contributed by atoms with Crippen molar-refractivity contribution < 1.29 is 4.79 Å². The Balaban J connectivity index is 2.00. The number of nitrogens with zero attached hydrogens (tertiary/aromatic N) is 1. The van der Waals surface area contributed by atoms with Gasteiger partial charge < -0.3 is 5.32 Å². The molecule has 3 nitrogen and oxygen atoms in total. The fraction of sp³-hybridized carbons (Fsp3) is 0.143. The Bertz CT molecular complexity index is 649. The summed E-state index contributed by atoms with van der Waals surface area (Å²) >= 11 is 18.9. The SMILES string of the molecule is CC(Sc1ccc(Cl)cn1)C(=O)Nc1ccc(Cl)cc1Cl. The highest BCUT2D eigenvalue weighted by molar-refractivity contribution is 8.00. The van der Waals surface area contributed by atoms with Crippen molar-refractivity contribution in [2.75, 3.05) is 5.32 Å². The van der Waals surface area contributed by atoms with Gasteiger partial charge in [0.05, 0.1) is 26.0 Å². The summed E-state index contributed by atoms with van der Waals surface area (Å²) in [6, 6.07) is 8.42. The molecule has 1 aromatic carbocycles. The molecule has 21 heavy (non-hydrogen) atoms. The number of benzene rings is 1. The second kappa shape index (κ2) is 7.36. The topological polar surface area (TPSA) is 42.0 Å². The molecule has 2 rings (SSSR count). The van der Waals surface area contributed by atoms with Gasteiger partial charge in [0.15, 0.2) is 0 Å². The Morgan fingerprint density at radius 1 is 1.19 bits per heavy atom. The van der Waals surface area contributed by atoms with Crippen LogP contribution in [0.5, 0.6) is 0 Å². The van der Waals surface area contributed by atoms with Gasteiger partial charge in [-0.1, -0.05) is 46.6 Å². The van der Waals surface area contributed by atoms with Gasteiger partial charge in [0.2, 0.25) is 5.91 Å². The summed E-state index contributed by atoms with van der Waals surface area (Å²) in [6.07, 6.45) is 1.55. The molecule has 2 aromatic rings. The lowest BCUT2D eigenvalue weighted by Gasteiger charge is -2.12. The van der Waals surface area contributed by atoms with E-state index in [2.05, 4.69) is 10.3 Å². The van der Waals surface area contributed by atoms with E-state index in [0.29, 0.717) is 20.8 Å². The van der Waals surface area contributed by atoms with Crippen molar-refractivity contribution in [2.45, 2.75) is 17.2 Å². The first kappa shape index (κ1) is 16.4. The van der Waals surface area contributed by atoms with Gasteiger partial charge in [-0.05, 0) is 37.3 Å². The fourth-order valence-corrected chi connectivity index (χ4v) is 2.85. The lowest BCUT2D eigenvalue weighted by Crippen LogP contribution is -2.22. The number of rotatable bonds is 4. The van der Waals surface area contributed by atoms with Gasteiger partial charge in [-0.25, -0.2) is 4.98 Å². The zero-order valence-electron chi connectivity index (χ0n) is 10.9. The van der Waals surface area contributed by atoms with Crippen LogP contribution in [0.25, 0.3) is 0 Å². The van der Waals surface area contributed by atoms with Crippen molar-refractivity contribution in [1.82, 2.24) is 4.98 Å². The number of amides is 1. The molecule has 1 amide bonds. The number of carbonyl (C=O) groups is 1. The molecule has 0 saturated carbocycles. The lowest BCUT2D eigenvalue weighted by molar-refractivity contribution is -0.115. The highest BCUT2D eigenvalue weighted by Crippen LogP contribution is 2.27. The normalized spacial score (nSPS) is 12.0. The van der Waals surface area contributed by atoms with E-state index < -0.39 is 0 Å². The van der Waals surface area contributed by atoms with Crippen LogP contribution < -0.4 is 5.32 Å². The van der Waals surface area contributed by atoms with Crippen molar-refractivity contribution >= 4 is 58.2 Å². The van der Waals surface area contributed by atoms with Gasteiger partial charge in [-0.3, -0.25) is 4.79 Å². The summed E-state index contributed by atoms with van der Waals surface area (Å²) in [5.74, 6) is -0.166. The molecule has 0 aliphatic heterocycles. The summed E-state index contributed by atoms with van der Waals surface area (Å²) in [5.41, 5.74) is 0.530. The van der Waals surface area contributed by atoms with E-state index in [-0.39, 0.29) is 11.2 Å². The number of hydrogen-bond acceptors (Lipinski definition) is 3. The highest BCUT2D eigenvalue weighted by Gasteiger charge is 2.16. The van der Waals surface area contributed by atoms with Gasteiger partial charge >= 0.3 is 0 Å². The molecule has 1 unspecified atom stereocenters. The zero-order valence-corrected chi connectivity index (χ0v) is 14.0. The first-order valence-electron chi connectivity index (χ1n) is 6.00. The molecule has 1 heterocycles. The molecule has 0 saturated heterocycles. The Labute approximate surface area is 142 Å². The minimum absolute atomic E-state index is 0.166. The predicted molar refractivity (Wildman–Crippen MR) is 89.7 cm³/mol. The van der Waals surface area contributed by atoms with Crippen LogP contribution in [0, 0.1) is 0 Å². The molecular formula is C14H11Cl3N2OS. The number of thioether (sulfide) groups is 1. The monoisotopic (exact) mass is 360 g/mol. The molecule has 0 aliphatic rings. The molecule has 1 atom stereocenters. The summed E-state index contributed by atoms with van der Waals surface area (Å²) in [7, 11) is 0. The first-order chi connectivity index (χ1) is 9.95. The smallest absolute Gasteiger partial charge is 0.237 e. The summed E-state index contributed by atoms with van der Waals surface area (Å²) in [4.78, 5) is 16.3. The summed E-state index contributed by atoms with van der Waals surface area (Å²) < 4.78 is 0. The molecule has 0 bridgehead atoms. The van der Waals surface area contributed by atoms with Crippen molar-refractivity contribution in [1.29, 1.82) is 0 Å². The maximum Gasteiger partial charge on any atom is 0.237 e. The number of halogens is 3. The molecule has 0 spiro atoms. The average molecular weight is 362 g/mol. The average Bonchev–Trinajstić information content (AvgIpc) is 2.44. The summed E-state index contributed by atoms with van der Waals surface area (Å²) in [5, 5.41) is 4.64. The van der Waals surface area contributed by atoms with E-state index in [1.165, 1.54) is 11.8 Å². The van der Waals surface area contributed by atoms with E-state index in [4.69, 9.17) is 34.8 Å². The van der Waals surface area contributed by atoms with Gasteiger partial charge in [-0.2, -0.15) is 0 Å². The first-order valence-corrected chi connectivity index (χ1v) is 8.01. The molecule has 1 N–H and O–H groups in total. The molecule has 110 valence electrons. The van der Waals surface area contributed by atoms with Crippen LogP contribution in [-0.2, 0) is 4.79 Å². The van der Waals surface area contributed by atoms with Gasteiger partial charge in [-0.15, -0.1) is 0 Å². The number of pyridine rings is 1. The predicted octanol–water partition coefficient (Wildman–Crippen LogP) is 5.16. The van der Waals surface area contributed by atoms with E-state index in [0.717, 1.165) is 5.03 Å². The van der Waals surface area contributed by atoms with Gasteiger partial charge in [0, 0.05) is 11.2 Å². The summed E-state index contributed by atoms with van der Waals surface area (Å²) in [6.45, 7) is 1.79. The second-order valence-corrected chi connectivity index (χ2v) is 6.83. The lowest BCUT2D eigenvalue weighted by atomic mass is 10.3. The molecule has 1 aromatic heterocycles. The molecule has 7 heteroatoms. The van der Waals surface area contributed by atoms with Crippen LogP contribution in [-0.4, -0.2) is 16.1 Å². The number of nitrogens with one attached hydrogen (secondary N) is 1. The maximum atomic E-state index is 12.1. The fourth-order valence-electron chi connectivity index (χ4n) is 1.49. The van der Waals surface area contributed by atoms with Crippen LogP contribution in [0.3, 0.4) is 0 Å². The van der Waals surface area contributed by atoms with Gasteiger partial charge in [0.25, 0.3) is 0 Å². The van der Waals surface area contributed by atoms with Crippen LogP contribution in [0.2, 0.25) is 15.1 Å². The third kappa shape index (κ3) is 4.78. The Kier molecular flexibility index (Phi) is 5.76. The van der Waals surface area contributed by atoms with E-state index >= 15 is 0 Å². The highest BCUT2D eigenvalue weighted by atomic mass is 35.5. The minimum atomic E-state index is -0.328.